The van der Waals surface area contributed by atoms with Crippen LogP contribution in [0.5, 0.6) is 0 Å². The predicted molar refractivity (Wildman–Crippen MR) is 58.0 cm³/mol. The Morgan fingerprint density at radius 3 is 2.44 bits per heavy atom. The summed E-state index contributed by atoms with van der Waals surface area (Å²) in [7, 11) is 1.38. The minimum absolute atomic E-state index is 0.180. The van der Waals surface area contributed by atoms with Crippen LogP contribution in [-0.4, -0.2) is 42.2 Å². The van der Waals surface area contributed by atoms with Gasteiger partial charge < -0.3 is 16.0 Å². The smallest absolute Gasteiger partial charge is 0.393 e. The number of hydrogen-bond acceptors (Lipinski definition) is 2. The van der Waals surface area contributed by atoms with Crippen LogP contribution in [-0.2, 0) is 0 Å². The summed E-state index contributed by atoms with van der Waals surface area (Å²) in [6.45, 7) is 0.520. The highest BCUT2D eigenvalue weighted by atomic mass is 32.1. The van der Waals surface area contributed by atoms with E-state index in [0.29, 0.717) is 0 Å². The van der Waals surface area contributed by atoms with Crippen molar-refractivity contribution in [1.29, 1.82) is 0 Å². The maximum absolute atomic E-state index is 11.8. The van der Waals surface area contributed by atoms with Gasteiger partial charge >= 0.3 is 12.2 Å². The lowest BCUT2D eigenvalue weighted by Crippen LogP contribution is -2.44. The summed E-state index contributed by atoms with van der Waals surface area (Å²) in [5.74, 6) is -0.239. The topological polar surface area (TPSA) is 58.4 Å². The molecule has 0 aliphatic rings. The molecular formula is C8H14F3N3OS. The van der Waals surface area contributed by atoms with Gasteiger partial charge in [-0.1, -0.05) is 19.1 Å². The maximum Gasteiger partial charge on any atom is 0.405 e. The van der Waals surface area contributed by atoms with Crippen molar-refractivity contribution in [2.75, 3.05) is 20.1 Å². The van der Waals surface area contributed by atoms with Crippen LogP contribution in [0, 0.1) is 5.92 Å². The number of rotatable bonds is 4. The normalized spacial score (nSPS) is 13.1. The summed E-state index contributed by atoms with van der Waals surface area (Å²) in [6.07, 6.45) is -4.41. The molecule has 0 aromatic carbocycles. The minimum atomic E-state index is -4.41. The van der Waals surface area contributed by atoms with E-state index >= 15 is 0 Å². The van der Waals surface area contributed by atoms with Crippen LogP contribution in [0.3, 0.4) is 0 Å². The fourth-order valence-corrected chi connectivity index (χ4v) is 0.969. The van der Waals surface area contributed by atoms with Crippen LogP contribution in [0.2, 0.25) is 0 Å². The molecule has 1 atom stereocenters. The van der Waals surface area contributed by atoms with Crippen LogP contribution in [0.25, 0.3) is 0 Å². The number of amides is 2. The monoisotopic (exact) mass is 257 g/mol. The van der Waals surface area contributed by atoms with E-state index in [1.165, 1.54) is 7.05 Å². The first-order valence-electron chi connectivity index (χ1n) is 4.48. The first-order chi connectivity index (χ1) is 7.13. The van der Waals surface area contributed by atoms with E-state index in [0.717, 1.165) is 4.90 Å². The number of thiocarbonyl (C=S) groups is 1. The Morgan fingerprint density at radius 1 is 1.56 bits per heavy atom. The standard InChI is InChI=1S/C8H14F3N3OS/c1-5(6(12)16)3-14(2)7(15)13-4-8(9,10)11/h5H,3-4H2,1-2H3,(H2,12,16)(H,13,15). The number of alkyl halides is 3. The third-order valence-corrected chi connectivity index (χ3v) is 2.22. The fraction of sp³-hybridized carbons (Fsp3) is 0.750. The first-order valence-corrected chi connectivity index (χ1v) is 4.89. The first kappa shape index (κ1) is 14.9. The highest BCUT2D eigenvalue weighted by molar-refractivity contribution is 7.80. The van der Waals surface area contributed by atoms with E-state index in [4.69, 9.17) is 5.73 Å². The molecular weight excluding hydrogens is 243 g/mol. The number of halogens is 3. The Kier molecular flexibility index (Phi) is 5.49. The lowest BCUT2D eigenvalue weighted by atomic mass is 10.2. The molecule has 0 aliphatic heterocycles. The summed E-state index contributed by atoms with van der Waals surface area (Å²) in [6, 6.07) is -0.805. The minimum Gasteiger partial charge on any atom is -0.393 e. The van der Waals surface area contributed by atoms with E-state index in [2.05, 4.69) is 12.2 Å². The zero-order valence-corrected chi connectivity index (χ0v) is 9.78. The zero-order valence-electron chi connectivity index (χ0n) is 8.97. The van der Waals surface area contributed by atoms with Crippen molar-refractivity contribution in [2.45, 2.75) is 13.1 Å². The largest absolute Gasteiger partial charge is 0.405 e. The fourth-order valence-electron chi connectivity index (χ4n) is 0.894. The van der Waals surface area contributed by atoms with Crippen LogP contribution in [0.1, 0.15) is 6.92 Å². The van der Waals surface area contributed by atoms with Crippen molar-refractivity contribution < 1.29 is 18.0 Å². The van der Waals surface area contributed by atoms with E-state index in [9.17, 15) is 18.0 Å². The van der Waals surface area contributed by atoms with Crippen LogP contribution in [0.15, 0.2) is 0 Å². The molecule has 0 aromatic rings. The molecule has 2 amide bonds. The van der Waals surface area contributed by atoms with Crippen LogP contribution in [0.4, 0.5) is 18.0 Å². The highest BCUT2D eigenvalue weighted by Gasteiger charge is 2.28. The number of nitrogens with zero attached hydrogens (tertiary/aromatic N) is 1. The second kappa shape index (κ2) is 5.88. The Balaban J connectivity index is 4.05. The Bertz CT molecular complexity index is 270. The summed E-state index contributed by atoms with van der Waals surface area (Å²) in [4.78, 5) is 12.5. The molecule has 94 valence electrons. The van der Waals surface area contributed by atoms with Gasteiger partial charge in [-0.25, -0.2) is 4.79 Å². The molecule has 4 nitrogen and oxygen atoms in total. The summed E-state index contributed by atoms with van der Waals surface area (Å²) < 4.78 is 35.4. The number of hydrogen-bond donors (Lipinski definition) is 2. The van der Waals surface area contributed by atoms with Gasteiger partial charge in [0.2, 0.25) is 0 Å². The molecule has 1 unspecified atom stereocenters. The molecule has 8 heteroatoms. The molecule has 0 saturated carbocycles. The van der Waals surface area contributed by atoms with Crippen molar-refractivity contribution in [1.82, 2.24) is 10.2 Å². The van der Waals surface area contributed by atoms with Crippen molar-refractivity contribution in [3.05, 3.63) is 0 Å². The Morgan fingerprint density at radius 2 is 2.06 bits per heavy atom. The predicted octanol–water partition coefficient (Wildman–Crippen LogP) is 1.11. The molecule has 0 aliphatic carbocycles. The molecule has 3 N–H and O–H groups in total. The highest BCUT2D eigenvalue weighted by Crippen LogP contribution is 2.12. The molecule has 0 saturated heterocycles. The molecule has 0 radical (unpaired) electrons. The average molecular weight is 257 g/mol. The van der Waals surface area contributed by atoms with Gasteiger partial charge in [-0.05, 0) is 0 Å². The van der Waals surface area contributed by atoms with Gasteiger partial charge in [0.15, 0.2) is 0 Å². The second-order valence-corrected chi connectivity index (χ2v) is 3.93. The summed E-state index contributed by atoms with van der Waals surface area (Å²) >= 11 is 4.69. The van der Waals surface area contributed by atoms with Crippen molar-refractivity contribution in [3.63, 3.8) is 0 Å². The van der Waals surface area contributed by atoms with Gasteiger partial charge in [0, 0.05) is 19.5 Å². The second-order valence-electron chi connectivity index (χ2n) is 3.46. The number of urea groups is 1. The van der Waals surface area contributed by atoms with Gasteiger partial charge in [0.05, 0.1) is 4.99 Å². The number of nitrogens with one attached hydrogen (secondary N) is 1. The third kappa shape index (κ3) is 6.44. The number of carbonyl (C=O) groups is 1. The SMILES string of the molecule is CC(CN(C)C(=O)NCC(F)(F)F)C(N)=S. The summed E-state index contributed by atoms with van der Waals surface area (Å²) in [5, 5.41) is 1.74. The molecule has 0 rings (SSSR count). The Hall–Kier alpha value is -1.05. The number of nitrogens with two attached hydrogens (primary N) is 1. The van der Waals surface area contributed by atoms with Crippen molar-refractivity contribution >= 4 is 23.2 Å². The van der Waals surface area contributed by atoms with Crippen LogP contribution < -0.4 is 11.1 Å². The number of carbonyl (C=O) groups excluding carboxylic acids is 1. The third-order valence-electron chi connectivity index (χ3n) is 1.82. The van der Waals surface area contributed by atoms with E-state index in [1.807, 2.05) is 0 Å². The van der Waals surface area contributed by atoms with Crippen molar-refractivity contribution in [3.8, 4) is 0 Å². The van der Waals surface area contributed by atoms with Gasteiger partial charge in [0.1, 0.15) is 6.54 Å². The molecule has 0 aromatic heterocycles. The Labute approximate surface area is 97.0 Å². The average Bonchev–Trinajstić information content (AvgIpc) is 2.12. The van der Waals surface area contributed by atoms with Crippen molar-refractivity contribution in [2.24, 2.45) is 11.7 Å². The molecule has 0 fully saturated rings. The lowest BCUT2D eigenvalue weighted by molar-refractivity contribution is -0.123. The lowest BCUT2D eigenvalue weighted by Gasteiger charge is -2.21. The van der Waals surface area contributed by atoms with Gasteiger partial charge in [-0.3, -0.25) is 0 Å². The van der Waals surface area contributed by atoms with Gasteiger partial charge in [-0.15, -0.1) is 0 Å². The summed E-state index contributed by atoms with van der Waals surface area (Å²) in [5.41, 5.74) is 5.32. The molecule has 0 spiro atoms. The van der Waals surface area contributed by atoms with E-state index in [-0.39, 0.29) is 17.5 Å². The molecule has 0 bridgehead atoms. The van der Waals surface area contributed by atoms with Gasteiger partial charge in [-0.2, -0.15) is 13.2 Å². The van der Waals surface area contributed by atoms with E-state index < -0.39 is 18.8 Å². The van der Waals surface area contributed by atoms with Crippen LogP contribution >= 0.6 is 12.2 Å². The van der Waals surface area contributed by atoms with E-state index in [1.54, 1.807) is 12.2 Å². The van der Waals surface area contributed by atoms with Gasteiger partial charge in [0.25, 0.3) is 0 Å². The quantitative estimate of drug-likeness (QED) is 0.742. The maximum atomic E-state index is 11.8. The molecule has 0 heterocycles. The zero-order chi connectivity index (χ0) is 12.9. The molecule has 16 heavy (non-hydrogen) atoms.